The van der Waals surface area contributed by atoms with Crippen LogP contribution in [0.3, 0.4) is 0 Å². The molecule has 0 aliphatic carbocycles. The maximum Gasteiger partial charge on any atom is 0.332 e. The van der Waals surface area contributed by atoms with E-state index in [-0.39, 0.29) is 37.0 Å². The summed E-state index contributed by atoms with van der Waals surface area (Å²) < 4.78 is 5.18. The first-order valence-electron chi connectivity index (χ1n) is 10.4. The van der Waals surface area contributed by atoms with Crippen molar-refractivity contribution in [2.24, 2.45) is 0 Å². The van der Waals surface area contributed by atoms with E-state index in [0.717, 1.165) is 12.8 Å². The average molecular weight is 422 g/mol. The number of anilines is 2. The molecule has 31 heavy (non-hydrogen) atoms. The maximum atomic E-state index is 12.9. The minimum Gasteiger partial charge on any atom is -0.497 e. The second kappa shape index (κ2) is 9.18. The number of carbonyl (C=O) groups excluding carboxylic acids is 3. The Labute approximate surface area is 181 Å². The van der Waals surface area contributed by atoms with Crippen molar-refractivity contribution in [1.29, 1.82) is 0 Å². The maximum absolute atomic E-state index is 12.9. The second-order valence-electron chi connectivity index (χ2n) is 7.76. The SMILES string of the molecule is COc1cccc(NC(=O)CN2CCC(N3CC(=O)N(c4ccccc4)C3=O)CC2)c1. The standard InChI is InChI=1S/C23H26N4O4/c1-31-20-9-5-6-17(14-20)24-21(28)15-25-12-10-18(11-13-25)26-16-22(29)27(23(26)30)19-7-3-2-4-8-19/h2-9,14,18H,10-13,15-16H2,1H3,(H,24,28). The molecule has 8 nitrogen and oxygen atoms in total. The van der Waals surface area contributed by atoms with Crippen LogP contribution in [0.25, 0.3) is 0 Å². The molecular weight excluding hydrogens is 396 g/mol. The van der Waals surface area contributed by atoms with E-state index in [0.29, 0.717) is 30.2 Å². The number of hydrogen-bond donors (Lipinski definition) is 1. The molecule has 2 saturated heterocycles. The Bertz CT molecular complexity index is 957. The number of nitrogens with zero attached hydrogens (tertiary/aromatic N) is 3. The smallest absolute Gasteiger partial charge is 0.332 e. The molecule has 8 heteroatoms. The Balaban J connectivity index is 1.29. The summed E-state index contributed by atoms with van der Waals surface area (Å²) in [6.45, 7) is 1.78. The van der Waals surface area contributed by atoms with Gasteiger partial charge in [0.15, 0.2) is 0 Å². The van der Waals surface area contributed by atoms with Gasteiger partial charge in [-0.3, -0.25) is 14.5 Å². The number of urea groups is 1. The quantitative estimate of drug-likeness (QED) is 0.724. The predicted molar refractivity (Wildman–Crippen MR) is 117 cm³/mol. The van der Waals surface area contributed by atoms with Gasteiger partial charge in [-0.1, -0.05) is 24.3 Å². The molecule has 1 N–H and O–H groups in total. The van der Waals surface area contributed by atoms with Gasteiger partial charge in [-0.05, 0) is 37.1 Å². The minimum absolute atomic E-state index is 0.00265. The Morgan fingerprint density at radius 3 is 2.52 bits per heavy atom. The van der Waals surface area contributed by atoms with E-state index >= 15 is 0 Å². The summed E-state index contributed by atoms with van der Waals surface area (Å²) >= 11 is 0. The van der Waals surface area contributed by atoms with Crippen LogP contribution in [0.1, 0.15) is 12.8 Å². The lowest BCUT2D eigenvalue weighted by Crippen LogP contribution is -2.48. The number of piperidine rings is 1. The number of amides is 4. The van der Waals surface area contributed by atoms with E-state index in [1.807, 2.05) is 36.4 Å². The van der Waals surface area contributed by atoms with Crippen molar-refractivity contribution < 1.29 is 19.1 Å². The highest BCUT2D eigenvalue weighted by molar-refractivity contribution is 6.19. The average Bonchev–Trinajstić information content (AvgIpc) is 3.08. The van der Waals surface area contributed by atoms with Gasteiger partial charge < -0.3 is 15.0 Å². The highest BCUT2D eigenvalue weighted by Gasteiger charge is 2.41. The third-order valence-corrected chi connectivity index (χ3v) is 5.72. The Hall–Kier alpha value is -3.39. The van der Waals surface area contributed by atoms with Gasteiger partial charge in [-0.25, -0.2) is 9.69 Å². The van der Waals surface area contributed by atoms with Crippen molar-refractivity contribution in [3.05, 3.63) is 54.6 Å². The van der Waals surface area contributed by atoms with Crippen LogP contribution in [0, 0.1) is 0 Å². The van der Waals surface area contributed by atoms with Crippen LogP contribution in [0.5, 0.6) is 5.75 Å². The topological polar surface area (TPSA) is 82.2 Å². The van der Waals surface area contributed by atoms with Gasteiger partial charge in [0.1, 0.15) is 12.3 Å². The van der Waals surface area contributed by atoms with E-state index < -0.39 is 0 Å². The number of para-hydroxylation sites is 1. The van der Waals surface area contributed by atoms with Crippen LogP contribution in [-0.2, 0) is 9.59 Å². The van der Waals surface area contributed by atoms with Crippen molar-refractivity contribution in [1.82, 2.24) is 9.80 Å². The van der Waals surface area contributed by atoms with Crippen molar-refractivity contribution in [3.63, 3.8) is 0 Å². The number of rotatable bonds is 6. The molecule has 2 aromatic carbocycles. The zero-order valence-corrected chi connectivity index (χ0v) is 17.5. The van der Waals surface area contributed by atoms with Crippen molar-refractivity contribution in [2.45, 2.75) is 18.9 Å². The van der Waals surface area contributed by atoms with E-state index in [1.54, 1.807) is 30.2 Å². The molecule has 4 amide bonds. The lowest BCUT2D eigenvalue weighted by Gasteiger charge is -2.35. The lowest BCUT2D eigenvalue weighted by molar-refractivity contribution is -0.117. The molecule has 2 aliphatic heterocycles. The number of imide groups is 1. The summed E-state index contributed by atoms with van der Waals surface area (Å²) in [6.07, 6.45) is 1.46. The van der Waals surface area contributed by atoms with E-state index in [4.69, 9.17) is 4.74 Å². The number of ether oxygens (including phenoxy) is 1. The molecule has 162 valence electrons. The number of nitrogens with one attached hydrogen (secondary N) is 1. The normalized spacial score (nSPS) is 17.8. The molecule has 0 saturated carbocycles. The van der Waals surface area contributed by atoms with Crippen LogP contribution < -0.4 is 15.0 Å². The second-order valence-corrected chi connectivity index (χ2v) is 7.76. The molecule has 0 radical (unpaired) electrons. The molecule has 0 unspecified atom stereocenters. The molecule has 2 heterocycles. The van der Waals surface area contributed by atoms with Crippen molar-refractivity contribution >= 4 is 29.2 Å². The van der Waals surface area contributed by atoms with Gasteiger partial charge in [0.25, 0.3) is 5.91 Å². The molecular formula is C23H26N4O4. The summed E-state index contributed by atoms with van der Waals surface area (Å²) in [5.74, 6) is 0.402. The molecule has 2 fully saturated rings. The highest BCUT2D eigenvalue weighted by Crippen LogP contribution is 2.26. The summed E-state index contributed by atoms with van der Waals surface area (Å²) in [7, 11) is 1.59. The zero-order valence-electron chi connectivity index (χ0n) is 17.5. The summed E-state index contributed by atoms with van der Waals surface area (Å²) in [6, 6.07) is 16.0. The fraction of sp³-hybridized carbons (Fsp3) is 0.348. The number of likely N-dealkylation sites (tertiary alicyclic amines) is 1. The van der Waals surface area contributed by atoms with Gasteiger partial charge >= 0.3 is 6.03 Å². The Morgan fingerprint density at radius 1 is 1.06 bits per heavy atom. The largest absolute Gasteiger partial charge is 0.497 e. The van der Waals surface area contributed by atoms with Crippen LogP contribution in [0.2, 0.25) is 0 Å². The first kappa shape index (κ1) is 20.9. The van der Waals surface area contributed by atoms with E-state index in [9.17, 15) is 14.4 Å². The van der Waals surface area contributed by atoms with Crippen LogP contribution in [0.15, 0.2) is 54.6 Å². The number of carbonyl (C=O) groups is 3. The first-order chi connectivity index (χ1) is 15.0. The first-order valence-corrected chi connectivity index (χ1v) is 10.4. The molecule has 4 rings (SSSR count). The highest BCUT2D eigenvalue weighted by atomic mass is 16.5. The summed E-state index contributed by atoms with van der Waals surface area (Å²) in [4.78, 5) is 42.7. The van der Waals surface area contributed by atoms with Gasteiger partial charge in [0, 0.05) is 30.9 Å². The molecule has 0 spiro atoms. The minimum atomic E-state index is -0.259. The third-order valence-electron chi connectivity index (χ3n) is 5.72. The van der Waals surface area contributed by atoms with E-state index in [2.05, 4.69) is 10.2 Å². The molecule has 2 aromatic rings. The zero-order chi connectivity index (χ0) is 21.8. The van der Waals surface area contributed by atoms with Gasteiger partial charge in [-0.2, -0.15) is 0 Å². The van der Waals surface area contributed by atoms with Gasteiger partial charge in [0.2, 0.25) is 5.91 Å². The number of methoxy groups -OCH3 is 1. The third kappa shape index (κ3) is 4.69. The monoisotopic (exact) mass is 422 g/mol. The van der Waals surface area contributed by atoms with Crippen molar-refractivity contribution in [3.8, 4) is 5.75 Å². The summed E-state index contributed by atoms with van der Waals surface area (Å²) in [5, 5.41) is 2.89. The number of benzene rings is 2. The Morgan fingerprint density at radius 2 is 1.81 bits per heavy atom. The van der Waals surface area contributed by atoms with Gasteiger partial charge in [0.05, 0.1) is 19.3 Å². The van der Waals surface area contributed by atoms with Crippen LogP contribution in [-0.4, -0.2) is 67.0 Å². The predicted octanol–water partition coefficient (Wildman–Crippen LogP) is 2.57. The number of hydrogen-bond acceptors (Lipinski definition) is 5. The van der Waals surface area contributed by atoms with Crippen LogP contribution >= 0.6 is 0 Å². The molecule has 0 bridgehead atoms. The molecule has 2 aliphatic rings. The van der Waals surface area contributed by atoms with Crippen LogP contribution in [0.4, 0.5) is 16.2 Å². The van der Waals surface area contributed by atoms with Gasteiger partial charge in [-0.15, -0.1) is 0 Å². The lowest BCUT2D eigenvalue weighted by atomic mass is 10.0. The summed E-state index contributed by atoms with van der Waals surface area (Å²) in [5.41, 5.74) is 1.30. The molecule has 0 aromatic heterocycles. The molecule has 0 atom stereocenters. The fourth-order valence-electron chi connectivity index (χ4n) is 4.13. The fourth-order valence-corrected chi connectivity index (χ4v) is 4.13. The Kier molecular flexibility index (Phi) is 6.18. The van der Waals surface area contributed by atoms with Crippen molar-refractivity contribution in [2.75, 3.05) is 43.5 Å². The van der Waals surface area contributed by atoms with E-state index in [1.165, 1.54) is 4.90 Å².